The monoisotopic (exact) mass is 399 g/mol. The first-order valence-electron chi connectivity index (χ1n) is 8.59. The summed E-state index contributed by atoms with van der Waals surface area (Å²) >= 11 is 0. The van der Waals surface area contributed by atoms with Gasteiger partial charge in [0.15, 0.2) is 18.6 Å². The molecule has 1 rings (SSSR count). The van der Waals surface area contributed by atoms with Gasteiger partial charge in [0.25, 0.3) is 0 Å². The van der Waals surface area contributed by atoms with Gasteiger partial charge in [-0.2, -0.15) is 9.84 Å². The normalized spacial score (nSPS) is 13.9. The van der Waals surface area contributed by atoms with Crippen LogP contribution in [0.2, 0.25) is 0 Å². The van der Waals surface area contributed by atoms with E-state index in [2.05, 4.69) is 12.8 Å². The third-order valence-corrected chi connectivity index (χ3v) is 4.45. The number of benzene rings is 1. The molecule has 0 radical (unpaired) electrons. The fourth-order valence-corrected chi connectivity index (χ4v) is 2.67. The Morgan fingerprint density at radius 3 is 2.14 bits per heavy atom. The molecule has 0 amide bonds. The van der Waals surface area contributed by atoms with Gasteiger partial charge in [-0.15, -0.1) is 0 Å². The molecule has 28 heavy (non-hydrogen) atoms. The van der Waals surface area contributed by atoms with E-state index < -0.39 is 7.60 Å². The van der Waals surface area contributed by atoms with Gasteiger partial charge >= 0.3 is 7.60 Å². The lowest BCUT2D eigenvalue weighted by molar-refractivity contribution is -0.417. The molecular formula is C21H26N3O3P+2. The van der Waals surface area contributed by atoms with Crippen LogP contribution in [0.15, 0.2) is 72.1 Å². The first-order valence-corrected chi connectivity index (χ1v) is 10.4. The van der Waals surface area contributed by atoms with Crippen molar-refractivity contribution in [2.24, 2.45) is 0 Å². The molecule has 0 aliphatic carbocycles. The van der Waals surface area contributed by atoms with Crippen LogP contribution in [0.1, 0.15) is 19.4 Å². The zero-order valence-electron chi connectivity index (χ0n) is 16.4. The molecule has 0 saturated carbocycles. The van der Waals surface area contributed by atoms with E-state index in [1.54, 1.807) is 34.5 Å². The SMILES string of the molecule is C=[N+](/C=C\C(=CC)C(=CC)/C=C\[N+](C)=CCP(=O)(O)O)c1ccc(C#N)cc1. The molecule has 0 heterocycles. The summed E-state index contributed by atoms with van der Waals surface area (Å²) in [5.74, 6) is 0. The molecule has 0 aliphatic heterocycles. The molecule has 1 aromatic carbocycles. The largest absolute Gasteiger partial charge is 0.335 e. The molecule has 6 nitrogen and oxygen atoms in total. The zero-order chi connectivity index (χ0) is 21.2. The van der Waals surface area contributed by atoms with Gasteiger partial charge in [0.2, 0.25) is 5.69 Å². The van der Waals surface area contributed by atoms with Crippen molar-refractivity contribution in [3.63, 3.8) is 0 Å². The van der Waals surface area contributed by atoms with Crippen molar-refractivity contribution in [3.8, 4) is 6.07 Å². The lowest BCUT2D eigenvalue weighted by Crippen LogP contribution is -2.02. The van der Waals surface area contributed by atoms with Gasteiger partial charge in [-0.3, -0.25) is 4.57 Å². The quantitative estimate of drug-likeness (QED) is 0.302. The van der Waals surface area contributed by atoms with E-state index in [1.807, 2.05) is 56.5 Å². The average Bonchev–Trinajstić information content (AvgIpc) is 2.68. The maximum Gasteiger partial charge on any atom is 0.335 e. The molecular weight excluding hydrogens is 373 g/mol. The minimum Gasteiger partial charge on any atom is -0.324 e. The third kappa shape index (κ3) is 8.24. The molecule has 0 saturated heterocycles. The molecule has 7 heteroatoms. The summed E-state index contributed by atoms with van der Waals surface area (Å²) in [6.45, 7) is 7.83. The van der Waals surface area contributed by atoms with Crippen LogP contribution in [0, 0.1) is 11.3 Å². The first kappa shape index (κ1) is 23.2. The van der Waals surface area contributed by atoms with E-state index in [0.717, 1.165) is 16.8 Å². The van der Waals surface area contributed by atoms with Gasteiger partial charge in [-0.25, -0.2) is 4.58 Å². The second-order valence-electron chi connectivity index (χ2n) is 5.94. The summed E-state index contributed by atoms with van der Waals surface area (Å²) in [6.07, 6.45) is 12.4. The van der Waals surface area contributed by atoms with Gasteiger partial charge < -0.3 is 9.79 Å². The minimum absolute atomic E-state index is 0.309. The second-order valence-corrected chi connectivity index (χ2v) is 7.64. The number of nitriles is 1. The average molecular weight is 399 g/mol. The molecule has 0 atom stereocenters. The zero-order valence-corrected chi connectivity index (χ0v) is 17.3. The molecule has 0 bridgehead atoms. The maximum atomic E-state index is 10.9. The summed E-state index contributed by atoms with van der Waals surface area (Å²) in [6, 6.07) is 9.21. The highest BCUT2D eigenvalue weighted by molar-refractivity contribution is 7.52. The number of nitrogens with zero attached hydrogens (tertiary/aromatic N) is 3. The van der Waals surface area contributed by atoms with Crippen molar-refractivity contribution in [1.82, 2.24) is 0 Å². The Balaban J connectivity index is 2.90. The number of hydrogen-bond donors (Lipinski definition) is 2. The number of rotatable bonds is 8. The summed E-state index contributed by atoms with van der Waals surface area (Å²) in [7, 11) is -2.34. The molecule has 0 unspecified atom stereocenters. The van der Waals surface area contributed by atoms with Crippen LogP contribution < -0.4 is 0 Å². The Morgan fingerprint density at radius 1 is 1.14 bits per heavy atom. The standard InChI is InChI=1S/C21H24N3O3P/c1-5-19(11-13-23(3)15-16-28(25,26)27)20(6-2)12-14-24(4)21-9-7-18(17-22)8-10-21/h5-15H,4,16H2,1-3H3/p+2/b13-11-,14-12-,19-5?,20-6?,23-15?. The Hall–Kier alpha value is -2.84. The predicted octanol–water partition coefficient (Wildman–Crippen LogP) is 3.71. The predicted molar refractivity (Wildman–Crippen MR) is 113 cm³/mol. The topological polar surface area (TPSA) is 87.3 Å². The summed E-state index contributed by atoms with van der Waals surface area (Å²) in [5, 5.41) is 8.87. The van der Waals surface area contributed by atoms with Gasteiger partial charge in [0.05, 0.1) is 11.6 Å². The van der Waals surface area contributed by atoms with Crippen LogP contribution in [0.5, 0.6) is 0 Å². The van der Waals surface area contributed by atoms with E-state index in [4.69, 9.17) is 15.0 Å². The van der Waals surface area contributed by atoms with E-state index in [9.17, 15) is 4.57 Å². The van der Waals surface area contributed by atoms with Crippen LogP contribution in [0.4, 0.5) is 5.69 Å². The van der Waals surface area contributed by atoms with Crippen molar-refractivity contribution >= 4 is 26.2 Å². The van der Waals surface area contributed by atoms with Crippen molar-refractivity contribution in [1.29, 1.82) is 5.26 Å². The third-order valence-electron chi connectivity index (χ3n) is 3.81. The highest BCUT2D eigenvalue weighted by Gasteiger charge is 2.12. The van der Waals surface area contributed by atoms with Crippen molar-refractivity contribution in [2.75, 3.05) is 13.2 Å². The Kier molecular flexibility index (Phi) is 9.20. The fraction of sp³-hybridized carbons (Fsp3) is 0.190. The van der Waals surface area contributed by atoms with Gasteiger partial charge in [-0.05, 0) is 37.1 Å². The lowest BCUT2D eigenvalue weighted by Gasteiger charge is -2.01. The van der Waals surface area contributed by atoms with Gasteiger partial charge in [0.1, 0.15) is 19.9 Å². The fourth-order valence-electron chi connectivity index (χ4n) is 2.20. The van der Waals surface area contributed by atoms with Crippen LogP contribution in [-0.4, -0.2) is 45.1 Å². The van der Waals surface area contributed by atoms with E-state index in [1.165, 1.54) is 6.21 Å². The van der Waals surface area contributed by atoms with E-state index in [0.29, 0.717) is 5.56 Å². The first-order chi connectivity index (χ1) is 13.2. The molecule has 0 aromatic heterocycles. The summed E-state index contributed by atoms with van der Waals surface area (Å²) in [5.41, 5.74) is 3.36. The highest BCUT2D eigenvalue weighted by atomic mass is 31.2. The van der Waals surface area contributed by atoms with Crippen LogP contribution in [0.25, 0.3) is 0 Å². The van der Waals surface area contributed by atoms with Crippen LogP contribution >= 0.6 is 7.60 Å². The van der Waals surface area contributed by atoms with E-state index >= 15 is 0 Å². The summed E-state index contributed by atoms with van der Waals surface area (Å²) in [4.78, 5) is 17.9. The lowest BCUT2D eigenvalue weighted by atomic mass is 10.1. The maximum absolute atomic E-state index is 10.9. The van der Waals surface area contributed by atoms with E-state index in [-0.39, 0.29) is 6.16 Å². The Labute approximate surface area is 166 Å². The van der Waals surface area contributed by atoms with Crippen LogP contribution in [-0.2, 0) is 4.57 Å². The second kappa shape index (κ2) is 11.1. The van der Waals surface area contributed by atoms with Crippen molar-refractivity contribution in [3.05, 3.63) is 77.7 Å². The molecule has 0 fully saturated rings. The molecule has 2 N–H and O–H groups in total. The highest BCUT2D eigenvalue weighted by Crippen LogP contribution is 2.32. The molecule has 0 spiro atoms. The summed E-state index contributed by atoms with van der Waals surface area (Å²) < 4.78 is 14.3. The molecule has 1 aromatic rings. The smallest absolute Gasteiger partial charge is 0.324 e. The molecule has 146 valence electrons. The molecule has 0 aliphatic rings. The van der Waals surface area contributed by atoms with Crippen molar-refractivity contribution in [2.45, 2.75) is 13.8 Å². The van der Waals surface area contributed by atoms with Gasteiger partial charge in [-0.1, -0.05) is 12.2 Å². The Morgan fingerprint density at radius 2 is 1.68 bits per heavy atom. The number of allylic oxidation sites excluding steroid dienone is 6. The van der Waals surface area contributed by atoms with Gasteiger partial charge in [0, 0.05) is 24.3 Å². The van der Waals surface area contributed by atoms with Crippen LogP contribution in [0.3, 0.4) is 0 Å². The number of hydrogen-bond acceptors (Lipinski definition) is 2. The Bertz CT molecular complexity index is 940. The van der Waals surface area contributed by atoms with Crippen molar-refractivity contribution < 1.29 is 23.5 Å². The minimum atomic E-state index is -4.05.